The SMILES string of the molecule is Cc1ccc(F)c(-c2c[nH]c(=O)cc2C(=O)O)c1. The molecule has 0 radical (unpaired) electrons. The molecule has 4 nitrogen and oxygen atoms in total. The van der Waals surface area contributed by atoms with E-state index in [1.54, 1.807) is 13.0 Å². The van der Waals surface area contributed by atoms with Crippen LogP contribution in [-0.2, 0) is 0 Å². The summed E-state index contributed by atoms with van der Waals surface area (Å²) in [5.41, 5.74) is 0.355. The monoisotopic (exact) mass is 247 g/mol. The molecular weight excluding hydrogens is 237 g/mol. The van der Waals surface area contributed by atoms with Gasteiger partial charge in [0.25, 0.3) is 0 Å². The maximum Gasteiger partial charge on any atom is 0.336 e. The van der Waals surface area contributed by atoms with Crippen molar-refractivity contribution >= 4 is 5.97 Å². The Bertz CT molecular complexity index is 676. The molecular formula is C13H10FNO3. The van der Waals surface area contributed by atoms with E-state index in [4.69, 9.17) is 5.11 Å². The summed E-state index contributed by atoms with van der Waals surface area (Å²) in [6.07, 6.45) is 1.21. The molecule has 0 aliphatic rings. The average Bonchev–Trinajstić information content (AvgIpc) is 2.32. The van der Waals surface area contributed by atoms with Crippen molar-refractivity contribution in [2.24, 2.45) is 0 Å². The lowest BCUT2D eigenvalue weighted by atomic mass is 10.00. The van der Waals surface area contributed by atoms with E-state index >= 15 is 0 Å². The van der Waals surface area contributed by atoms with Crippen LogP contribution in [0, 0.1) is 12.7 Å². The molecule has 0 saturated carbocycles. The number of nitrogens with one attached hydrogen (secondary N) is 1. The van der Waals surface area contributed by atoms with Crippen molar-refractivity contribution in [3.05, 3.63) is 57.8 Å². The number of aromatic nitrogens is 1. The lowest BCUT2D eigenvalue weighted by Crippen LogP contribution is -2.10. The molecule has 92 valence electrons. The number of hydrogen-bond donors (Lipinski definition) is 2. The van der Waals surface area contributed by atoms with Crippen LogP contribution in [0.25, 0.3) is 11.1 Å². The van der Waals surface area contributed by atoms with Crippen LogP contribution in [-0.4, -0.2) is 16.1 Å². The van der Waals surface area contributed by atoms with E-state index < -0.39 is 17.3 Å². The zero-order chi connectivity index (χ0) is 13.3. The number of halogens is 1. The molecule has 0 bridgehead atoms. The van der Waals surface area contributed by atoms with Crippen LogP contribution in [0.5, 0.6) is 0 Å². The number of carboxylic acids is 1. The third-order valence-corrected chi connectivity index (χ3v) is 2.57. The first kappa shape index (κ1) is 12.0. The number of aryl methyl sites for hydroxylation is 1. The van der Waals surface area contributed by atoms with Gasteiger partial charge in [-0.1, -0.05) is 11.6 Å². The minimum Gasteiger partial charge on any atom is -0.478 e. The number of pyridine rings is 1. The van der Waals surface area contributed by atoms with Crippen LogP contribution in [0.2, 0.25) is 0 Å². The second-order valence-electron chi connectivity index (χ2n) is 3.91. The van der Waals surface area contributed by atoms with E-state index in [1.165, 1.54) is 18.3 Å². The van der Waals surface area contributed by atoms with Crippen molar-refractivity contribution in [3.8, 4) is 11.1 Å². The first-order valence-corrected chi connectivity index (χ1v) is 5.21. The van der Waals surface area contributed by atoms with Crippen LogP contribution < -0.4 is 5.56 Å². The number of H-pyrrole nitrogens is 1. The van der Waals surface area contributed by atoms with Crippen molar-refractivity contribution in [2.45, 2.75) is 6.92 Å². The summed E-state index contributed by atoms with van der Waals surface area (Å²) >= 11 is 0. The van der Waals surface area contributed by atoms with E-state index in [0.717, 1.165) is 11.6 Å². The number of benzene rings is 1. The van der Waals surface area contributed by atoms with Gasteiger partial charge in [-0.2, -0.15) is 0 Å². The average molecular weight is 247 g/mol. The van der Waals surface area contributed by atoms with Crippen LogP contribution in [0.3, 0.4) is 0 Å². The Morgan fingerprint density at radius 3 is 2.67 bits per heavy atom. The van der Waals surface area contributed by atoms with Gasteiger partial charge >= 0.3 is 5.97 Å². The smallest absolute Gasteiger partial charge is 0.336 e. The first-order valence-electron chi connectivity index (χ1n) is 5.21. The van der Waals surface area contributed by atoms with Crippen molar-refractivity contribution in [1.82, 2.24) is 4.98 Å². The molecule has 2 aromatic rings. The lowest BCUT2D eigenvalue weighted by molar-refractivity contribution is 0.0697. The van der Waals surface area contributed by atoms with Gasteiger partial charge in [0.05, 0.1) is 5.56 Å². The molecule has 0 amide bonds. The van der Waals surface area contributed by atoms with E-state index in [0.29, 0.717) is 0 Å². The third kappa shape index (κ3) is 2.15. The van der Waals surface area contributed by atoms with Gasteiger partial charge in [-0.05, 0) is 19.1 Å². The second-order valence-corrected chi connectivity index (χ2v) is 3.91. The molecule has 0 aliphatic carbocycles. The van der Waals surface area contributed by atoms with Gasteiger partial charge in [-0.25, -0.2) is 9.18 Å². The molecule has 0 fully saturated rings. The summed E-state index contributed by atoms with van der Waals surface area (Å²) in [6, 6.07) is 5.33. The minimum absolute atomic E-state index is 0.156. The molecule has 0 aliphatic heterocycles. The maximum absolute atomic E-state index is 13.7. The zero-order valence-corrected chi connectivity index (χ0v) is 9.53. The zero-order valence-electron chi connectivity index (χ0n) is 9.53. The Morgan fingerprint density at radius 2 is 2.00 bits per heavy atom. The number of aromatic carboxylic acids is 1. The highest BCUT2D eigenvalue weighted by Gasteiger charge is 2.15. The molecule has 0 atom stereocenters. The van der Waals surface area contributed by atoms with Crippen molar-refractivity contribution < 1.29 is 14.3 Å². The van der Waals surface area contributed by atoms with Crippen LogP contribution in [0.4, 0.5) is 4.39 Å². The summed E-state index contributed by atoms with van der Waals surface area (Å²) in [5.74, 6) is -1.80. The summed E-state index contributed by atoms with van der Waals surface area (Å²) in [4.78, 5) is 24.5. The van der Waals surface area contributed by atoms with Gasteiger partial charge in [-0.3, -0.25) is 4.79 Å². The fourth-order valence-corrected chi connectivity index (χ4v) is 1.72. The van der Waals surface area contributed by atoms with Crippen LogP contribution in [0.1, 0.15) is 15.9 Å². The Kier molecular flexibility index (Phi) is 2.97. The number of hydrogen-bond acceptors (Lipinski definition) is 2. The normalized spacial score (nSPS) is 10.3. The third-order valence-electron chi connectivity index (χ3n) is 2.57. The van der Waals surface area contributed by atoms with Crippen LogP contribution >= 0.6 is 0 Å². The van der Waals surface area contributed by atoms with E-state index in [1.807, 2.05) is 0 Å². The predicted molar refractivity (Wildman–Crippen MR) is 64.2 cm³/mol. The molecule has 18 heavy (non-hydrogen) atoms. The molecule has 5 heteroatoms. The van der Waals surface area contributed by atoms with Crippen molar-refractivity contribution in [1.29, 1.82) is 0 Å². The topological polar surface area (TPSA) is 70.2 Å². The fourth-order valence-electron chi connectivity index (χ4n) is 1.72. The van der Waals surface area contributed by atoms with Gasteiger partial charge in [0.1, 0.15) is 5.82 Å². The number of aromatic amines is 1. The predicted octanol–water partition coefficient (Wildman–Crippen LogP) is 2.19. The highest BCUT2D eigenvalue weighted by molar-refractivity contribution is 5.95. The molecule has 1 heterocycles. The maximum atomic E-state index is 13.7. The quantitative estimate of drug-likeness (QED) is 0.854. The first-order chi connectivity index (χ1) is 8.49. The van der Waals surface area contributed by atoms with Crippen molar-refractivity contribution in [3.63, 3.8) is 0 Å². The van der Waals surface area contributed by atoms with Crippen molar-refractivity contribution in [2.75, 3.05) is 0 Å². The molecule has 0 saturated heterocycles. The lowest BCUT2D eigenvalue weighted by Gasteiger charge is -2.07. The number of rotatable bonds is 2. The summed E-state index contributed by atoms with van der Waals surface area (Å²) in [6.45, 7) is 1.77. The largest absolute Gasteiger partial charge is 0.478 e. The van der Waals surface area contributed by atoms with E-state index in [9.17, 15) is 14.0 Å². The molecule has 0 unspecified atom stereocenters. The molecule has 2 rings (SSSR count). The standard InChI is InChI=1S/C13H10FNO3/c1-7-2-3-11(14)8(4-7)10-6-15-12(16)5-9(10)13(17)18/h2-6H,1H3,(H,15,16)(H,17,18). The highest BCUT2D eigenvalue weighted by Crippen LogP contribution is 2.25. The fraction of sp³-hybridized carbons (Fsp3) is 0.0769. The van der Waals surface area contributed by atoms with E-state index in [2.05, 4.69) is 4.98 Å². The highest BCUT2D eigenvalue weighted by atomic mass is 19.1. The minimum atomic E-state index is -1.27. The Labute approximate surface area is 102 Å². The second kappa shape index (κ2) is 4.44. The number of carboxylic acid groups (broad SMARTS) is 1. The molecule has 1 aromatic carbocycles. The van der Waals surface area contributed by atoms with Gasteiger partial charge in [0.15, 0.2) is 0 Å². The summed E-state index contributed by atoms with van der Waals surface area (Å²) in [5, 5.41) is 9.04. The Hall–Kier alpha value is -2.43. The summed E-state index contributed by atoms with van der Waals surface area (Å²) < 4.78 is 13.7. The summed E-state index contributed by atoms with van der Waals surface area (Å²) in [7, 11) is 0. The Morgan fingerprint density at radius 1 is 1.28 bits per heavy atom. The van der Waals surface area contributed by atoms with E-state index in [-0.39, 0.29) is 16.7 Å². The molecule has 1 aromatic heterocycles. The van der Waals surface area contributed by atoms with Gasteiger partial charge in [0.2, 0.25) is 5.56 Å². The molecule has 2 N–H and O–H groups in total. The van der Waals surface area contributed by atoms with Gasteiger partial charge in [0, 0.05) is 23.4 Å². The Balaban J connectivity index is 2.74. The van der Waals surface area contributed by atoms with Gasteiger partial charge < -0.3 is 10.1 Å². The van der Waals surface area contributed by atoms with Gasteiger partial charge in [-0.15, -0.1) is 0 Å². The van der Waals surface area contributed by atoms with Crippen LogP contribution in [0.15, 0.2) is 35.3 Å². The number of carbonyl (C=O) groups is 1. The molecule has 0 spiro atoms.